The van der Waals surface area contributed by atoms with Crippen LogP contribution in [-0.2, 0) is 33.9 Å². The lowest BCUT2D eigenvalue weighted by Gasteiger charge is -2.46. The van der Waals surface area contributed by atoms with Crippen LogP contribution in [0.4, 0.5) is 5.69 Å². The smallest absolute Gasteiger partial charge is 0.255 e. The number of Topliss-reactive ketones (excluding diaryl/α,β-unsaturated/α-hetero) is 2. The fraction of sp³-hybridized carbons (Fsp3) is 0.378. The number of rotatable bonds is 10. The van der Waals surface area contributed by atoms with E-state index >= 15 is 0 Å². The molecule has 1 amide bonds. The van der Waals surface area contributed by atoms with Crippen LogP contribution >= 0.6 is 0 Å². The van der Waals surface area contributed by atoms with Crippen molar-refractivity contribution in [3.63, 3.8) is 0 Å². The molecular weight excluding hydrogens is 628 g/mol. The lowest BCUT2D eigenvalue weighted by Crippen LogP contribution is -2.58. The van der Waals surface area contributed by atoms with Crippen LogP contribution in [0.2, 0.25) is 0 Å². The number of aliphatic hydroxyl groups excluding tert-OH is 2. The molecule has 1 heterocycles. The molecule has 2 aromatic carbocycles. The molecule has 3 aliphatic carbocycles. The zero-order chi connectivity index (χ0) is 35.4. The summed E-state index contributed by atoms with van der Waals surface area (Å²) in [6, 6.07) is 15.5. The molecule has 3 aliphatic rings. The highest BCUT2D eigenvalue weighted by molar-refractivity contribution is 6.22. The van der Waals surface area contributed by atoms with Crippen molar-refractivity contribution in [1.29, 1.82) is 0 Å². The van der Waals surface area contributed by atoms with Crippen molar-refractivity contribution in [3.8, 4) is 17.1 Å². The third kappa shape index (κ3) is 5.90. The van der Waals surface area contributed by atoms with Gasteiger partial charge >= 0.3 is 0 Å². The summed E-state index contributed by atoms with van der Waals surface area (Å²) in [7, 11) is 7.69. The number of aromatic hydroxyl groups is 1. The van der Waals surface area contributed by atoms with Gasteiger partial charge in [0, 0.05) is 57.3 Å². The van der Waals surface area contributed by atoms with Crippen molar-refractivity contribution in [2.24, 2.45) is 17.6 Å². The van der Waals surface area contributed by atoms with E-state index in [0.717, 1.165) is 13.1 Å². The zero-order valence-electron chi connectivity index (χ0n) is 28.1. The van der Waals surface area contributed by atoms with Crippen molar-refractivity contribution >= 4 is 28.9 Å². The summed E-state index contributed by atoms with van der Waals surface area (Å²) in [5, 5.41) is 46.0. The summed E-state index contributed by atoms with van der Waals surface area (Å²) in [4.78, 5) is 44.9. The Balaban J connectivity index is 1.39. The summed E-state index contributed by atoms with van der Waals surface area (Å²) in [5.74, 6) is -5.62. The Labute approximate surface area is 284 Å². The first-order valence-electron chi connectivity index (χ1n) is 16.3. The number of primary amides is 1. The van der Waals surface area contributed by atoms with Gasteiger partial charge in [0.05, 0.1) is 17.7 Å². The molecule has 6 N–H and O–H groups in total. The van der Waals surface area contributed by atoms with Gasteiger partial charge in [-0.15, -0.1) is 0 Å². The summed E-state index contributed by atoms with van der Waals surface area (Å²) in [6.45, 7) is 2.85. The summed E-state index contributed by atoms with van der Waals surface area (Å²) in [5.41, 5.74) is 4.42. The number of anilines is 1. The maximum Gasteiger partial charge on any atom is 0.255 e. The molecule has 3 atom stereocenters. The molecule has 0 radical (unpaired) electrons. The number of phenols is 1. The number of nitrogens with zero attached hydrogens (tertiary/aromatic N) is 3. The number of carbonyl (C=O) groups excluding carboxylic acids is 3. The number of furan rings is 1. The van der Waals surface area contributed by atoms with Crippen LogP contribution in [0.5, 0.6) is 5.75 Å². The first-order valence-corrected chi connectivity index (χ1v) is 16.3. The summed E-state index contributed by atoms with van der Waals surface area (Å²) in [6.07, 6.45) is -0.0991. The van der Waals surface area contributed by atoms with E-state index in [-0.39, 0.29) is 36.1 Å². The average molecular weight is 671 g/mol. The lowest BCUT2D eigenvalue weighted by molar-refractivity contribution is -0.147. The summed E-state index contributed by atoms with van der Waals surface area (Å²) >= 11 is 0. The zero-order valence-corrected chi connectivity index (χ0v) is 28.1. The van der Waals surface area contributed by atoms with E-state index in [1.54, 1.807) is 12.1 Å². The van der Waals surface area contributed by atoms with E-state index in [1.165, 1.54) is 5.56 Å². The van der Waals surface area contributed by atoms with E-state index < -0.39 is 52.0 Å². The van der Waals surface area contributed by atoms with Gasteiger partial charge in [-0.05, 0) is 62.2 Å². The van der Waals surface area contributed by atoms with E-state index in [9.17, 15) is 34.8 Å². The van der Waals surface area contributed by atoms with E-state index in [1.807, 2.05) is 57.4 Å². The van der Waals surface area contributed by atoms with Gasteiger partial charge in [0.15, 0.2) is 11.4 Å². The first kappa shape index (κ1) is 34.0. The predicted octanol–water partition coefficient (Wildman–Crippen LogP) is 3.31. The normalized spacial score (nSPS) is 22.0. The Morgan fingerprint density at radius 3 is 2.35 bits per heavy atom. The van der Waals surface area contributed by atoms with Crippen molar-refractivity contribution in [2.75, 3.05) is 46.2 Å². The molecule has 12 nitrogen and oxygen atoms in total. The SMILES string of the molecule is CN(C)CCN(Cc1ccccc1)Cc1ccc(-c2cc(N(C)C)c3c(c2O)C(O)=C2C(=O)C4(O)C(O)=C(C(N)=O)C(=O)CC4CC2C3)o1. The van der Waals surface area contributed by atoms with Crippen LogP contribution in [-0.4, -0.2) is 94.6 Å². The Kier molecular flexibility index (Phi) is 8.91. The molecular formula is C37H42N4O8. The maximum atomic E-state index is 14.0. The summed E-state index contributed by atoms with van der Waals surface area (Å²) < 4.78 is 6.31. The minimum atomic E-state index is -2.62. The number of fused-ring (bicyclic) bond motifs is 3. The number of benzene rings is 2. The minimum absolute atomic E-state index is 0.0166. The highest BCUT2D eigenvalue weighted by Gasteiger charge is 2.60. The van der Waals surface area contributed by atoms with Crippen molar-refractivity contribution in [1.82, 2.24) is 9.80 Å². The van der Waals surface area contributed by atoms with Crippen LogP contribution in [0.15, 0.2) is 69.9 Å². The molecule has 6 rings (SSSR count). The number of phenolic OH excluding ortho intramolecular Hbond substituents is 1. The fourth-order valence-electron chi connectivity index (χ4n) is 7.48. The second-order valence-corrected chi connectivity index (χ2v) is 13.7. The third-order valence-corrected chi connectivity index (χ3v) is 9.94. The van der Waals surface area contributed by atoms with Gasteiger partial charge in [0.2, 0.25) is 5.78 Å². The van der Waals surface area contributed by atoms with Gasteiger partial charge in [-0.25, -0.2) is 0 Å². The van der Waals surface area contributed by atoms with Gasteiger partial charge in [-0.2, -0.15) is 0 Å². The lowest BCUT2D eigenvalue weighted by atomic mass is 9.59. The number of carbonyl (C=O) groups is 3. The van der Waals surface area contributed by atoms with Crippen LogP contribution in [0, 0.1) is 11.8 Å². The van der Waals surface area contributed by atoms with Gasteiger partial charge in [0.25, 0.3) is 5.91 Å². The fourth-order valence-corrected chi connectivity index (χ4v) is 7.48. The first-order chi connectivity index (χ1) is 23.2. The van der Waals surface area contributed by atoms with E-state index in [2.05, 4.69) is 21.9 Å². The Hall–Kier alpha value is -4.91. The van der Waals surface area contributed by atoms with Gasteiger partial charge in [0.1, 0.15) is 34.4 Å². The Morgan fingerprint density at radius 1 is 0.980 bits per heavy atom. The Bertz CT molecular complexity index is 1890. The van der Waals surface area contributed by atoms with Crippen molar-refractivity contribution in [3.05, 3.63) is 87.9 Å². The monoisotopic (exact) mass is 670 g/mol. The molecule has 258 valence electrons. The highest BCUT2D eigenvalue weighted by atomic mass is 16.4. The molecule has 3 aromatic rings. The number of likely N-dealkylation sites (N-methyl/N-ethyl adjacent to an activating group) is 1. The standard InChI is InChI=1S/C37H42N4O8/c1-39(2)12-13-41(18-20-8-6-5-7-9-20)19-23-10-11-28(49-23)25-17-26(40(3)4)24-15-21-14-22-16-27(42)31(36(38)47)35(46)37(22,48)34(45)29(21)33(44)30(24)32(25)43/h5-11,17,21-22,43-44,46,48H,12-16,18-19H2,1-4H3,(H2,38,47). The molecule has 1 saturated carbocycles. The largest absolute Gasteiger partial charge is 0.508 e. The molecule has 1 aromatic heterocycles. The van der Waals surface area contributed by atoms with Crippen LogP contribution in [0.3, 0.4) is 0 Å². The van der Waals surface area contributed by atoms with Gasteiger partial charge < -0.3 is 40.4 Å². The minimum Gasteiger partial charge on any atom is -0.508 e. The molecule has 12 heteroatoms. The van der Waals surface area contributed by atoms with E-state index in [0.29, 0.717) is 41.4 Å². The van der Waals surface area contributed by atoms with Crippen LogP contribution < -0.4 is 10.6 Å². The topological polar surface area (TPSA) is 181 Å². The number of hydrogen-bond acceptors (Lipinski definition) is 11. The number of ketones is 2. The molecule has 0 saturated heterocycles. The number of amides is 1. The second kappa shape index (κ2) is 12.8. The van der Waals surface area contributed by atoms with Gasteiger partial charge in [-0.3, -0.25) is 19.3 Å². The number of nitrogens with two attached hydrogens (primary N) is 1. The van der Waals surface area contributed by atoms with Crippen molar-refractivity contribution in [2.45, 2.75) is 38.0 Å². The molecule has 49 heavy (non-hydrogen) atoms. The average Bonchev–Trinajstić information content (AvgIpc) is 3.50. The Morgan fingerprint density at radius 2 is 1.69 bits per heavy atom. The number of hydrogen-bond donors (Lipinski definition) is 5. The molecule has 3 unspecified atom stereocenters. The molecule has 1 fully saturated rings. The quantitative estimate of drug-likeness (QED) is 0.200. The molecule has 0 aliphatic heterocycles. The van der Waals surface area contributed by atoms with Crippen molar-refractivity contribution < 1.29 is 39.2 Å². The predicted molar refractivity (Wildman–Crippen MR) is 183 cm³/mol. The third-order valence-electron chi connectivity index (χ3n) is 9.94. The maximum absolute atomic E-state index is 14.0. The van der Waals surface area contributed by atoms with Crippen LogP contribution in [0.1, 0.15) is 35.3 Å². The second-order valence-electron chi connectivity index (χ2n) is 13.7. The molecule has 0 spiro atoms. The van der Waals surface area contributed by atoms with E-state index in [4.69, 9.17) is 10.2 Å². The highest BCUT2D eigenvalue weighted by Crippen LogP contribution is 2.54. The van der Waals surface area contributed by atoms with Crippen LogP contribution in [0.25, 0.3) is 17.1 Å². The molecule has 0 bridgehead atoms. The van der Waals surface area contributed by atoms with Gasteiger partial charge in [-0.1, -0.05) is 30.3 Å². The number of aliphatic hydroxyl groups is 3.